The van der Waals surface area contributed by atoms with E-state index in [0.29, 0.717) is 0 Å². The van der Waals surface area contributed by atoms with Crippen molar-refractivity contribution in [1.29, 1.82) is 0 Å². The number of hydrogen-bond acceptors (Lipinski definition) is 1. The highest BCUT2D eigenvalue weighted by molar-refractivity contribution is 5.89. The SMILES string of the molecule is CC.CCC.CCCc1cccc(NC(C)=O)c1C. The average Bonchev–Trinajstić information content (AvgIpc) is 2.37. The Labute approximate surface area is 119 Å². The average molecular weight is 265 g/mol. The van der Waals surface area contributed by atoms with Crippen LogP contribution in [0.4, 0.5) is 5.69 Å². The Morgan fingerprint density at radius 2 is 1.68 bits per heavy atom. The second-order valence-corrected chi connectivity index (χ2v) is 4.23. The van der Waals surface area contributed by atoms with Crippen molar-refractivity contribution in [2.24, 2.45) is 0 Å². The Balaban J connectivity index is 0. The Morgan fingerprint density at radius 3 is 2.11 bits per heavy atom. The highest BCUT2D eigenvalue weighted by atomic mass is 16.1. The van der Waals surface area contributed by atoms with Crippen LogP contribution in [0.3, 0.4) is 0 Å². The summed E-state index contributed by atoms with van der Waals surface area (Å²) in [6, 6.07) is 6.04. The Hall–Kier alpha value is -1.31. The van der Waals surface area contributed by atoms with E-state index in [1.165, 1.54) is 24.5 Å². The molecule has 0 unspecified atom stereocenters. The predicted octanol–water partition coefficient (Wildman–Crippen LogP) is 5.35. The third-order valence-corrected chi connectivity index (χ3v) is 2.28. The van der Waals surface area contributed by atoms with E-state index in [9.17, 15) is 4.79 Å². The molecule has 0 radical (unpaired) electrons. The van der Waals surface area contributed by atoms with Gasteiger partial charge in [0.25, 0.3) is 0 Å². The van der Waals surface area contributed by atoms with Crippen molar-refractivity contribution >= 4 is 11.6 Å². The van der Waals surface area contributed by atoms with Gasteiger partial charge < -0.3 is 5.32 Å². The molecule has 2 nitrogen and oxygen atoms in total. The van der Waals surface area contributed by atoms with E-state index in [2.05, 4.69) is 39.1 Å². The van der Waals surface area contributed by atoms with Crippen LogP contribution in [-0.4, -0.2) is 5.91 Å². The molecule has 1 amide bonds. The van der Waals surface area contributed by atoms with Crippen LogP contribution in [0.15, 0.2) is 18.2 Å². The number of nitrogens with one attached hydrogen (secondary N) is 1. The predicted molar refractivity (Wildman–Crippen MR) is 86.8 cm³/mol. The Kier molecular flexibility index (Phi) is 13.8. The van der Waals surface area contributed by atoms with Crippen molar-refractivity contribution < 1.29 is 4.79 Å². The molecule has 110 valence electrons. The standard InChI is InChI=1S/C12H17NO.C3H8.C2H6/c1-4-6-11-7-5-8-12(9(11)2)13-10(3)14;1-3-2;1-2/h5,7-8H,4,6H2,1-3H3,(H,13,14);3H2,1-2H3;1-2H3. The van der Waals surface area contributed by atoms with Gasteiger partial charge in [-0.05, 0) is 30.5 Å². The minimum atomic E-state index is -0.0123. The lowest BCUT2D eigenvalue weighted by molar-refractivity contribution is -0.114. The van der Waals surface area contributed by atoms with E-state index in [0.717, 1.165) is 18.5 Å². The molecule has 0 heterocycles. The zero-order valence-corrected chi connectivity index (χ0v) is 13.8. The molecule has 0 spiro atoms. The third kappa shape index (κ3) is 9.29. The first kappa shape index (κ1) is 20.0. The molecular formula is C17H31NO. The van der Waals surface area contributed by atoms with Gasteiger partial charge in [-0.15, -0.1) is 0 Å². The zero-order chi connectivity index (χ0) is 15.3. The number of anilines is 1. The second kappa shape index (κ2) is 13.1. The normalized spacial score (nSPS) is 8.58. The van der Waals surface area contributed by atoms with E-state index in [1.54, 1.807) is 0 Å². The molecule has 1 aromatic rings. The minimum absolute atomic E-state index is 0.0123. The summed E-state index contributed by atoms with van der Waals surface area (Å²) in [5, 5.41) is 2.83. The van der Waals surface area contributed by atoms with Gasteiger partial charge in [0.15, 0.2) is 0 Å². The highest BCUT2D eigenvalue weighted by Crippen LogP contribution is 2.19. The van der Waals surface area contributed by atoms with Crippen molar-refractivity contribution in [3.63, 3.8) is 0 Å². The van der Waals surface area contributed by atoms with Gasteiger partial charge in [0.05, 0.1) is 0 Å². The van der Waals surface area contributed by atoms with Gasteiger partial charge >= 0.3 is 0 Å². The van der Waals surface area contributed by atoms with Gasteiger partial charge in [0.2, 0.25) is 5.91 Å². The fourth-order valence-electron chi connectivity index (χ4n) is 1.55. The molecule has 2 heteroatoms. The third-order valence-electron chi connectivity index (χ3n) is 2.28. The topological polar surface area (TPSA) is 29.1 Å². The van der Waals surface area contributed by atoms with Crippen LogP contribution in [0.1, 0.15) is 65.5 Å². The van der Waals surface area contributed by atoms with Crippen LogP contribution in [0.5, 0.6) is 0 Å². The maximum atomic E-state index is 10.9. The van der Waals surface area contributed by atoms with E-state index >= 15 is 0 Å². The fourth-order valence-corrected chi connectivity index (χ4v) is 1.55. The quantitative estimate of drug-likeness (QED) is 0.784. The van der Waals surface area contributed by atoms with Crippen LogP contribution in [-0.2, 0) is 11.2 Å². The molecule has 1 rings (SSSR count). The summed E-state index contributed by atoms with van der Waals surface area (Å²) in [5.41, 5.74) is 3.44. The lowest BCUT2D eigenvalue weighted by atomic mass is 10.0. The van der Waals surface area contributed by atoms with Crippen LogP contribution < -0.4 is 5.32 Å². The van der Waals surface area contributed by atoms with Gasteiger partial charge in [-0.2, -0.15) is 0 Å². The van der Waals surface area contributed by atoms with E-state index in [1.807, 2.05) is 26.0 Å². The van der Waals surface area contributed by atoms with Crippen molar-refractivity contribution in [2.45, 2.75) is 67.7 Å². The van der Waals surface area contributed by atoms with Crippen molar-refractivity contribution in [3.8, 4) is 0 Å². The molecule has 0 bridgehead atoms. The van der Waals surface area contributed by atoms with Gasteiger partial charge in [-0.3, -0.25) is 4.79 Å². The van der Waals surface area contributed by atoms with Crippen LogP contribution in [0.25, 0.3) is 0 Å². The van der Waals surface area contributed by atoms with E-state index in [4.69, 9.17) is 0 Å². The number of benzene rings is 1. The molecule has 19 heavy (non-hydrogen) atoms. The molecule has 0 aliphatic carbocycles. The molecule has 0 aliphatic heterocycles. The lowest BCUT2D eigenvalue weighted by Gasteiger charge is -2.10. The molecule has 0 atom stereocenters. The van der Waals surface area contributed by atoms with Crippen molar-refractivity contribution in [2.75, 3.05) is 5.32 Å². The fraction of sp³-hybridized carbons (Fsp3) is 0.588. The van der Waals surface area contributed by atoms with Gasteiger partial charge in [0, 0.05) is 12.6 Å². The molecule has 1 N–H and O–H groups in total. The van der Waals surface area contributed by atoms with Crippen molar-refractivity contribution in [1.82, 2.24) is 0 Å². The molecule has 1 aromatic carbocycles. The maximum Gasteiger partial charge on any atom is 0.221 e. The molecular weight excluding hydrogens is 234 g/mol. The van der Waals surface area contributed by atoms with Gasteiger partial charge in [-0.25, -0.2) is 0 Å². The number of amides is 1. The Morgan fingerprint density at radius 1 is 1.16 bits per heavy atom. The summed E-state index contributed by atoms with van der Waals surface area (Å²) in [6.07, 6.45) is 3.45. The van der Waals surface area contributed by atoms with Crippen LogP contribution in [0.2, 0.25) is 0 Å². The minimum Gasteiger partial charge on any atom is -0.326 e. The largest absolute Gasteiger partial charge is 0.326 e. The molecule has 0 aromatic heterocycles. The van der Waals surface area contributed by atoms with Crippen molar-refractivity contribution in [3.05, 3.63) is 29.3 Å². The van der Waals surface area contributed by atoms with Crippen LogP contribution >= 0.6 is 0 Å². The molecule has 0 aliphatic rings. The summed E-state index contributed by atoms with van der Waals surface area (Å²) >= 11 is 0. The van der Waals surface area contributed by atoms with Gasteiger partial charge in [0.1, 0.15) is 0 Å². The number of aryl methyl sites for hydroxylation is 1. The maximum absolute atomic E-state index is 10.9. The summed E-state index contributed by atoms with van der Waals surface area (Å²) in [4.78, 5) is 10.9. The second-order valence-electron chi connectivity index (χ2n) is 4.23. The lowest BCUT2D eigenvalue weighted by Crippen LogP contribution is -2.08. The summed E-state index contributed by atoms with van der Waals surface area (Å²) in [5.74, 6) is -0.0123. The molecule has 0 saturated heterocycles. The first-order chi connectivity index (χ1) is 9.06. The summed E-state index contributed by atoms with van der Waals surface area (Å²) in [7, 11) is 0. The number of rotatable bonds is 3. The van der Waals surface area contributed by atoms with Crippen LogP contribution in [0, 0.1) is 6.92 Å². The van der Waals surface area contributed by atoms with E-state index in [-0.39, 0.29) is 5.91 Å². The zero-order valence-electron chi connectivity index (χ0n) is 13.8. The first-order valence-corrected chi connectivity index (χ1v) is 7.42. The highest BCUT2D eigenvalue weighted by Gasteiger charge is 2.03. The monoisotopic (exact) mass is 265 g/mol. The Bertz CT molecular complexity index is 345. The molecule has 0 saturated carbocycles. The summed E-state index contributed by atoms with van der Waals surface area (Å²) in [6.45, 7) is 14.0. The number of carbonyl (C=O) groups excluding carboxylic acids is 1. The van der Waals surface area contributed by atoms with E-state index < -0.39 is 0 Å². The van der Waals surface area contributed by atoms with Gasteiger partial charge in [-0.1, -0.05) is 59.6 Å². The smallest absolute Gasteiger partial charge is 0.221 e. The first-order valence-electron chi connectivity index (χ1n) is 7.42. The number of carbonyl (C=O) groups is 1. The number of hydrogen-bond donors (Lipinski definition) is 1. The molecule has 0 fully saturated rings. The summed E-state index contributed by atoms with van der Waals surface area (Å²) < 4.78 is 0.